The van der Waals surface area contributed by atoms with Crippen molar-refractivity contribution in [3.63, 3.8) is 0 Å². The van der Waals surface area contributed by atoms with Crippen LogP contribution in [0.4, 0.5) is 0 Å². The summed E-state index contributed by atoms with van der Waals surface area (Å²) in [5.74, 6) is 2.09. The van der Waals surface area contributed by atoms with Gasteiger partial charge < -0.3 is 9.52 Å². The summed E-state index contributed by atoms with van der Waals surface area (Å²) in [6.45, 7) is 8.49. The van der Waals surface area contributed by atoms with Crippen LogP contribution in [0.25, 0.3) is 0 Å². The molecular weight excluding hydrogens is 256 g/mol. The van der Waals surface area contributed by atoms with Gasteiger partial charge in [0.25, 0.3) is 0 Å². The quantitative estimate of drug-likeness (QED) is 0.862. The van der Waals surface area contributed by atoms with Crippen molar-refractivity contribution < 1.29 is 9.52 Å². The molecule has 1 N–H and O–H groups in total. The number of hydrogen-bond acceptors (Lipinski definition) is 6. The molecule has 20 heavy (non-hydrogen) atoms. The van der Waals surface area contributed by atoms with E-state index >= 15 is 0 Å². The molecule has 2 aliphatic rings. The van der Waals surface area contributed by atoms with Crippen molar-refractivity contribution in [2.45, 2.75) is 51.3 Å². The summed E-state index contributed by atoms with van der Waals surface area (Å²) in [7, 11) is 0. The van der Waals surface area contributed by atoms with E-state index in [1.165, 1.54) is 12.8 Å². The van der Waals surface area contributed by atoms with E-state index in [1.54, 1.807) is 0 Å². The fourth-order valence-electron chi connectivity index (χ4n) is 2.84. The summed E-state index contributed by atoms with van der Waals surface area (Å²) in [5.41, 5.74) is 0. The van der Waals surface area contributed by atoms with E-state index in [4.69, 9.17) is 4.42 Å². The Morgan fingerprint density at radius 1 is 1.35 bits per heavy atom. The molecule has 1 saturated carbocycles. The van der Waals surface area contributed by atoms with Crippen LogP contribution in [-0.4, -0.2) is 63.4 Å². The molecule has 2 fully saturated rings. The molecule has 1 aliphatic carbocycles. The summed E-state index contributed by atoms with van der Waals surface area (Å²) in [5, 5.41) is 17.8. The number of aliphatic hydroxyl groups excluding tert-OH is 1. The highest BCUT2D eigenvalue weighted by Crippen LogP contribution is 2.39. The highest BCUT2D eigenvalue weighted by Gasteiger charge is 2.30. The molecule has 2 atom stereocenters. The molecule has 1 aromatic rings. The highest BCUT2D eigenvalue weighted by molar-refractivity contribution is 5.00. The number of hydrogen-bond donors (Lipinski definition) is 1. The second-order valence-electron chi connectivity index (χ2n) is 6.24. The zero-order valence-electron chi connectivity index (χ0n) is 12.3. The van der Waals surface area contributed by atoms with Gasteiger partial charge in [0, 0.05) is 38.1 Å². The molecule has 1 aromatic heterocycles. The molecule has 0 spiro atoms. The van der Waals surface area contributed by atoms with E-state index in [-0.39, 0.29) is 6.10 Å². The second-order valence-corrected chi connectivity index (χ2v) is 6.24. The minimum Gasteiger partial charge on any atom is -0.424 e. The zero-order valence-corrected chi connectivity index (χ0v) is 12.3. The van der Waals surface area contributed by atoms with Crippen LogP contribution in [0.5, 0.6) is 0 Å². The van der Waals surface area contributed by atoms with E-state index in [0.717, 1.165) is 44.5 Å². The number of rotatable bonds is 5. The van der Waals surface area contributed by atoms with E-state index < -0.39 is 0 Å². The van der Waals surface area contributed by atoms with Crippen LogP contribution in [0.2, 0.25) is 0 Å². The second kappa shape index (κ2) is 5.79. The molecule has 0 amide bonds. The third-order valence-corrected chi connectivity index (χ3v) is 4.12. The van der Waals surface area contributed by atoms with Gasteiger partial charge in [0.15, 0.2) is 0 Å². The Labute approximate surface area is 119 Å². The first-order valence-corrected chi connectivity index (χ1v) is 7.58. The van der Waals surface area contributed by atoms with Crippen LogP contribution < -0.4 is 0 Å². The molecular formula is C14H24N4O2. The first-order valence-electron chi connectivity index (χ1n) is 7.58. The smallest absolute Gasteiger partial charge is 0.230 e. The minimum atomic E-state index is -0.263. The van der Waals surface area contributed by atoms with Gasteiger partial charge in [-0.25, -0.2) is 0 Å². The number of piperazine rings is 1. The van der Waals surface area contributed by atoms with Gasteiger partial charge in [0.2, 0.25) is 11.8 Å². The fraction of sp³-hybridized carbons (Fsp3) is 0.857. The van der Waals surface area contributed by atoms with Crippen molar-refractivity contribution in [2.24, 2.45) is 0 Å². The Hall–Kier alpha value is -0.980. The Balaban J connectivity index is 1.51. The van der Waals surface area contributed by atoms with Gasteiger partial charge in [0.1, 0.15) is 0 Å². The molecule has 0 aromatic carbocycles. The van der Waals surface area contributed by atoms with Crippen molar-refractivity contribution in [2.75, 3.05) is 26.2 Å². The first-order chi connectivity index (χ1) is 9.61. The van der Waals surface area contributed by atoms with Gasteiger partial charge in [-0.05, 0) is 26.7 Å². The van der Waals surface area contributed by atoms with Gasteiger partial charge in [-0.3, -0.25) is 9.80 Å². The average Bonchev–Trinajstić information content (AvgIpc) is 3.14. The Morgan fingerprint density at radius 3 is 2.80 bits per heavy atom. The molecule has 1 aliphatic heterocycles. The SMILES string of the molecule is C[C@@H]1CN(Cc2nnc(C3CC3)o2)CCN1C[C@@H](C)O. The van der Waals surface area contributed by atoms with Gasteiger partial charge in [0.05, 0.1) is 12.6 Å². The lowest BCUT2D eigenvalue weighted by Gasteiger charge is -2.39. The van der Waals surface area contributed by atoms with Gasteiger partial charge >= 0.3 is 0 Å². The summed E-state index contributed by atoms with van der Waals surface area (Å²) >= 11 is 0. The summed E-state index contributed by atoms with van der Waals surface area (Å²) in [4.78, 5) is 4.69. The predicted octanol–water partition coefficient (Wildman–Crippen LogP) is 0.834. The maximum absolute atomic E-state index is 9.50. The van der Waals surface area contributed by atoms with E-state index in [9.17, 15) is 5.11 Å². The van der Waals surface area contributed by atoms with Crippen LogP contribution in [0.1, 0.15) is 44.4 Å². The van der Waals surface area contributed by atoms with Crippen molar-refractivity contribution in [3.8, 4) is 0 Å². The molecule has 6 nitrogen and oxygen atoms in total. The monoisotopic (exact) mass is 280 g/mol. The molecule has 112 valence electrons. The minimum absolute atomic E-state index is 0.263. The van der Waals surface area contributed by atoms with E-state index in [1.807, 2.05) is 6.92 Å². The summed E-state index contributed by atoms with van der Waals surface area (Å²) in [6.07, 6.45) is 2.12. The molecule has 6 heteroatoms. The Morgan fingerprint density at radius 2 is 2.15 bits per heavy atom. The standard InChI is InChI=1S/C14H24N4O2/c1-10-7-17(5-6-18(10)8-11(2)19)9-13-15-16-14(20-13)12-3-4-12/h10-12,19H,3-9H2,1-2H3/t10-,11-/m1/s1. The topological polar surface area (TPSA) is 65.6 Å². The van der Waals surface area contributed by atoms with E-state index in [2.05, 4.69) is 26.9 Å². The van der Waals surface area contributed by atoms with Gasteiger partial charge in [-0.2, -0.15) is 0 Å². The molecule has 0 bridgehead atoms. The van der Waals surface area contributed by atoms with Crippen molar-refractivity contribution in [3.05, 3.63) is 11.8 Å². The third-order valence-electron chi connectivity index (χ3n) is 4.12. The normalized spacial score (nSPS) is 26.9. The van der Waals surface area contributed by atoms with Crippen molar-refractivity contribution in [1.82, 2.24) is 20.0 Å². The summed E-state index contributed by atoms with van der Waals surface area (Å²) in [6, 6.07) is 0.448. The Bertz CT molecular complexity index is 444. The average molecular weight is 280 g/mol. The molecule has 0 radical (unpaired) electrons. The maximum Gasteiger partial charge on any atom is 0.230 e. The van der Waals surface area contributed by atoms with Crippen LogP contribution in [0, 0.1) is 0 Å². The van der Waals surface area contributed by atoms with E-state index in [0.29, 0.717) is 12.0 Å². The lowest BCUT2D eigenvalue weighted by Crippen LogP contribution is -2.53. The van der Waals surface area contributed by atoms with Gasteiger partial charge in [-0.15, -0.1) is 10.2 Å². The summed E-state index contributed by atoms with van der Waals surface area (Å²) < 4.78 is 5.72. The van der Waals surface area contributed by atoms with Crippen molar-refractivity contribution >= 4 is 0 Å². The third kappa shape index (κ3) is 3.37. The lowest BCUT2D eigenvalue weighted by atomic mass is 10.1. The van der Waals surface area contributed by atoms with Crippen LogP contribution in [0.15, 0.2) is 4.42 Å². The molecule has 0 unspecified atom stereocenters. The number of aliphatic hydroxyl groups is 1. The van der Waals surface area contributed by atoms with Crippen LogP contribution in [0.3, 0.4) is 0 Å². The maximum atomic E-state index is 9.50. The molecule has 3 rings (SSSR count). The molecule has 1 saturated heterocycles. The van der Waals surface area contributed by atoms with Crippen molar-refractivity contribution in [1.29, 1.82) is 0 Å². The van der Waals surface area contributed by atoms with Gasteiger partial charge in [-0.1, -0.05) is 0 Å². The predicted molar refractivity (Wildman–Crippen MR) is 74.3 cm³/mol. The first kappa shape index (κ1) is 14.0. The largest absolute Gasteiger partial charge is 0.424 e. The lowest BCUT2D eigenvalue weighted by molar-refractivity contribution is 0.0391. The Kier molecular flexibility index (Phi) is 4.05. The molecule has 2 heterocycles. The highest BCUT2D eigenvalue weighted by atomic mass is 16.4. The number of aromatic nitrogens is 2. The fourth-order valence-corrected chi connectivity index (χ4v) is 2.84. The number of β-amino-alcohol motifs (C(OH)–C–C–N with tert-alkyl or cyclic N) is 1. The number of nitrogens with zero attached hydrogens (tertiary/aromatic N) is 4. The zero-order chi connectivity index (χ0) is 14.1. The van der Waals surface area contributed by atoms with Crippen LogP contribution in [-0.2, 0) is 6.54 Å². The van der Waals surface area contributed by atoms with Crippen LogP contribution >= 0.6 is 0 Å².